The Kier molecular flexibility index (Phi) is 6.47. The van der Waals surface area contributed by atoms with Gasteiger partial charge in [0.15, 0.2) is 0 Å². The highest BCUT2D eigenvalue weighted by Crippen LogP contribution is 2.20. The lowest BCUT2D eigenvalue weighted by molar-refractivity contribution is -0.124. The second kappa shape index (κ2) is 8.40. The van der Waals surface area contributed by atoms with Crippen molar-refractivity contribution in [3.8, 4) is 0 Å². The first kappa shape index (κ1) is 20.0. The number of aromatic nitrogens is 2. The van der Waals surface area contributed by atoms with Crippen LogP contribution in [0.1, 0.15) is 46.5 Å². The number of amides is 2. The molecular weight excluding hydrogens is 356 g/mol. The monoisotopic (exact) mass is 380 g/mol. The molecule has 0 aliphatic rings. The molecule has 0 radical (unpaired) electrons. The molecule has 2 rings (SSSR count). The summed E-state index contributed by atoms with van der Waals surface area (Å²) in [6, 6.07) is 4.28. The lowest BCUT2D eigenvalue weighted by Gasteiger charge is -2.23. The van der Waals surface area contributed by atoms with Gasteiger partial charge in [-0.15, -0.1) is 0 Å². The fourth-order valence-corrected chi connectivity index (χ4v) is 2.66. The molecule has 0 spiro atoms. The number of nitrogens with one attached hydrogen (secondary N) is 3. The van der Waals surface area contributed by atoms with Crippen LogP contribution in [-0.2, 0) is 9.53 Å². The van der Waals surface area contributed by atoms with Crippen LogP contribution < -0.4 is 10.6 Å². The maximum Gasteiger partial charge on any atom is 0.408 e. The average Bonchev–Trinajstić information content (AvgIpc) is 2.94. The van der Waals surface area contributed by atoms with Crippen LogP contribution in [-0.4, -0.2) is 34.1 Å². The van der Waals surface area contributed by atoms with Crippen molar-refractivity contribution in [3.63, 3.8) is 0 Å². The van der Waals surface area contributed by atoms with E-state index in [9.17, 15) is 9.59 Å². The number of hydrogen-bond acceptors (Lipinski definition) is 4. The Morgan fingerprint density at radius 3 is 2.46 bits per heavy atom. The molecule has 0 aliphatic heterocycles. The van der Waals surface area contributed by atoms with Crippen LogP contribution in [0.2, 0.25) is 5.02 Å². The molecule has 1 aromatic heterocycles. The van der Waals surface area contributed by atoms with E-state index in [4.69, 9.17) is 16.3 Å². The Labute approximate surface area is 157 Å². The molecule has 2 aromatic rings. The lowest BCUT2D eigenvalue weighted by Crippen LogP contribution is -2.50. The fraction of sp³-hybridized carbons (Fsp3) is 0.500. The van der Waals surface area contributed by atoms with E-state index in [1.807, 2.05) is 26.8 Å². The molecule has 1 unspecified atom stereocenters. The van der Waals surface area contributed by atoms with Gasteiger partial charge >= 0.3 is 6.09 Å². The smallest absolute Gasteiger partial charge is 0.408 e. The number of fused-ring (bicyclic) bond motifs is 1. The lowest BCUT2D eigenvalue weighted by atomic mass is 10.0. The predicted octanol–water partition coefficient (Wildman–Crippen LogP) is 3.55. The summed E-state index contributed by atoms with van der Waals surface area (Å²) in [5.41, 5.74) is 1.57. The zero-order chi connectivity index (χ0) is 19.4. The number of hydrogen-bond donors (Lipinski definition) is 3. The molecule has 0 fully saturated rings. The number of benzene rings is 1. The summed E-state index contributed by atoms with van der Waals surface area (Å²) in [4.78, 5) is 32.1. The van der Waals surface area contributed by atoms with Gasteiger partial charge in [0, 0.05) is 5.02 Å². The first-order valence-corrected chi connectivity index (χ1v) is 8.98. The van der Waals surface area contributed by atoms with Gasteiger partial charge in [-0.3, -0.25) is 4.79 Å². The zero-order valence-electron chi connectivity index (χ0n) is 15.6. The van der Waals surface area contributed by atoms with E-state index in [-0.39, 0.29) is 24.0 Å². The Morgan fingerprint density at radius 1 is 1.15 bits per heavy atom. The van der Waals surface area contributed by atoms with Crippen molar-refractivity contribution >= 4 is 34.6 Å². The normalized spacial score (nSPS) is 13.7. The van der Waals surface area contributed by atoms with Gasteiger partial charge in [-0.05, 0) is 44.9 Å². The van der Waals surface area contributed by atoms with Crippen LogP contribution in [0.5, 0.6) is 0 Å². The van der Waals surface area contributed by atoms with Crippen LogP contribution in [0.15, 0.2) is 18.2 Å². The van der Waals surface area contributed by atoms with Crippen molar-refractivity contribution in [1.29, 1.82) is 0 Å². The minimum absolute atomic E-state index is 0.101. The summed E-state index contributed by atoms with van der Waals surface area (Å²) in [5, 5.41) is 6.10. The number of carbonyl (C=O) groups excluding carboxylic acids is 2. The van der Waals surface area contributed by atoms with Gasteiger partial charge in [0.25, 0.3) is 0 Å². The number of imidazole rings is 1. The maximum absolute atomic E-state index is 12.6. The molecular formula is C18H25ClN4O3. The Balaban J connectivity index is 2.07. The topological polar surface area (TPSA) is 96.1 Å². The first-order chi connectivity index (χ1) is 12.2. The third kappa shape index (κ3) is 5.11. The van der Waals surface area contributed by atoms with Gasteiger partial charge < -0.3 is 20.4 Å². The van der Waals surface area contributed by atoms with Gasteiger partial charge in [-0.1, -0.05) is 25.4 Å². The van der Waals surface area contributed by atoms with Crippen LogP contribution in [0.3, 0.4) is 0 Å². The van der Waals surface area contributed by atoms with Gasteiger partial charge in [0.2, 0.25) is 5.91 Å². The van der Waals surface area contributed by atoms with Crippen molar-refractivity contribution in [2.75, 3.05) is 0 Å². The predicted molar refractivity (Wildman–Crippen MR) is 101 cm³/mol. The Bertz CT molecular complexity index is 788. The molecule has 2 amide bonds. The van der Waals surface area contributed by atoms with E-state index in [1.54, 1.807) is 26.0 Å². The Morgan fingerprint density at radius 2 is 1.85 bits per heavy atom. The number of halogens is 1. The van der Waals surface area contributed by atoms with Crippen molar-refractivity contribution in [3.05, 3.63) is 29.0 Å². The molecule has 3 N–H and O–H groups in total. The van der Waals surface area contributed by atoms with Crippen molar-refractivity contribution in [1.82, 2.24) is 20.6 Å². The molecule has 7 nitrogen and oxygen atoms in total. The zero-order valence-corrected chi connectivity index (χ0v) is 16.3. The Hall–Kier alpha value is -2.28. The summed E-state index contributed by atoms with van der Waals surface area (Å²) >= 11 is 5.98. The number of rotatable bonds is 6. The van der Waals surface area contributed by atoms with Crippen molar-refractivity contribution < 1.29 is 14.3 Å². The molecule has 0 bridgehead atoms. The molecule has 0 saturated heterocycles. The van der Waals surface area contributed by atoms with Gasteiger partial charge in [-0.25, -0.2) is 9.78 Å². The number of ether oxygens (including phenoxy) is 1. The van der Waals surface area contributed by atoms with E-state index >= 15 is 0 Å². The molecule has 26 heavy (non-hydrogen) atoms. The second-order valence-electron chi connectivity index (χ2n) is 6.83. The van der Waals surface area contributed by atoms with Crippen LogP contribution in [0.25, 0.3) is 11.0 Å². The number of aromatic amines is 1. The summed E-state index contributed by atoms with van der Waals surface area (Å²) in [6.45, 7) is 9.03. The number of H-pyrrole nitrogens is 1. The molecule has 0 saturated carbocycles. The van der Waals surface area contributed by atoms with Gasteiger partial charge in [0.05, 0.1) is 23.2 Å². The van der Waals surface area contributed by atoms with Crippen LogP contribution in [0.4, 0.5) is 4.79 Å². The quantitative estimate of drug-likeness (QED) is 0.713. The first-order valence-electron chi connectivity index (χ1n) is 8.60. The highest BCUT2D eigenvalue weighted by atomic mass is 35.5. The SMILES string of the molecule is CC(C)OC(=O)N[C@H](C(=O)NC(C)c1nc2ccc(Cl)cc2[nH]1)C(C)C. The third-order valence-corrected chi connectivity index (χ3v) is 4.03. The highest BCUT2D eigenvalue weighted by Gasteiger charge is 2.27. The number of alkyl carbamates (subject to hydrolysis) is 1. The highest BCUT2D eigenvalue weighted by molar-refractivity contribution is 6.31. The summed E-state index contributed by atoms with van der Waals surface area (Å²) in [7, 11) is 0. The van der Waals surface area contributed by atoms with E-state index < -0.39 is 12.1 Å². The molecule has 0 aliphatic carbocycles. The van der Waals surface area contributed by atoms with Crippen LogP contribution in [0, 0.1) is 5.92 Å². The summed E-state index contributed by atoms with van der Waals surface area (Å²) in [5.74, 6) is 0.214. The number of carbonyl (C=O) groups is 2. The van der Waals surface area contributed by atoms with Crippen LogP contribution >= 0.6 is 11.6 Å². The summed E-state index contributed by atoms with van der Waals surface area (Å²) in [6.07, 6.45) is -0.868. The standard InChI is InChI=1S/C18H25ClN4O3/c1-9(2)15(23-18(25)26-10(3)4)17(24)20-11(5)16-21-13-7-6-12(19)8-14(13)22-16/h6-11,15H,1-5H3,(H,20,24)(H,21,22)(H,23,25)/t11?,15-/m0/s1. The van der Waals surface area contributed by atoms with E-state index in [1.165, 1.54) is 0 Å². The molecule has 2 atom stereocenters. The molecule has 142 valence electrons. The largest absolute Gasteiger partial charge is 0.447 e. The van der Waals surface area contributed by atoms with E-state index in [0.717, 1.165) is 11.0 Å². The van der Waals surface area contributed by atoms with E-state index in [2.05, 4.69) is 20.6 Å². The van der Waals surface area contributed by atoms with E-state index in [0.29, 0.717) is 10.8 Å². The minimum Gasteiger partial charge on any atom is -0.447 e. The minimum atomic E-state index is -0.706. The van der Waals surface area contributed by atoms with Crippen molar-refractivity contribution in [2.24, 2.45) is 5.92 Å². The summed E-state index contributed by atoms with van der Waals surface area (Å²) < 4.78 is 5.06. The average molecular weight is 381 g/mol. The second-order valence-corrected chi connectivity index (χ2v) is 7.27. The number of nitrogens with zero attached hydrogens (tertiary/aromatic N) is 1. The van der Waals surface area contributed by atoms with Gasteiger partial charge in [0.1, 0.15) is 11.9 Å². The maximum atomic E-state index is 12.6. The molecule has 1 aromatic carbocycles. The van der Waals surface area contributed by atoms with Crippen molar-refractivity contribution in [2.45, 2.75) is 52.8 Å². The molecule has 8 heteroatoms. The fourth-order valence-electron chi connectivity index (χ4n) is 2.49. The molecule has 1 heterocycles. The van der Waals surface area contributed by atoms with Gasteiger partial charge in [-0.2, -0.15) is 0 Å². The third-order valence-electron chi connectivity index (χ3n) is 3.80.